The van der Waals surface area contributed by atoms with Gasteiger partial charge in [-0.25, -0.2) is 4.98 Å². The fourth-order valence-electron chi connectivity index (χ4n) is 2.26. The molecule has 0 fully saturated rings. The van der Waals surface area contributed by atoms with E-state index in [1.807, 2.05) is 12.1 Å². The third-order valence-corrected chi connectivity index (χ3v) is 3.54. The fourth-order valence-corrected chi connectivity index (χ4v) is 2.46. The molecule has 0 saturated carbocycles. The third-order valence-electron chi connectivity index (χ3n) is 3.24. The maximum atomic E-state index is 12.4. The molecular formula is C14H12ClN3O. The quantitative estimate of drug-likeness (QED) is 0.749. The van der Waals surface area contributed by atoms with E-state index in [0.717, 1.165) is 17.7 Å². The Kier molecular flexibility index (Phi) is 3.17. The first kappa shape index (κ1) is 12.1. The molecule has 19 heavy (non-hydrogen) atoms. The van der Waals surface area contributed by atoms with E-state index < -0.39 is 0 Å². The highest BCUT2D eigenvalue weighted by Gasteiger charge is 2.23. The lowest BCUT2D eigenvalue weighted by atomic mass is 10.1. The minimum Gasteiger partial charge on any atom is -0.334 e. The first-order valence-electron chi connectivity index (χ1n) is 6.08. The Balaban J connectivity index is 1.86. The van der Waals surface area contributed by atoms with E-state index in [0.29, 0.717) is 18.7 Å². The van der Waals surface area contributed by atoms with E-state index in [4.69, 9.17) is 11.6 Å². The number of aromatic nitrogens is 2. The number of hydrogen-bond acceptors (Lipinski definition) is 3. The molecule has 0 N–H and O–H groups in total. The molecule has 0 bridgehead atoms. The average molecular weight is 274 g/mol. The van der Waals surface area contributed by atoms with Crippen molar-refractivity contribution in [3.8, 4) is 0 Å². The summed E-state index contributed by atoms with van der Waals surface area (Å²) in [6.07, 6.45) is 4.14. The Hall–Kier alpha value is -1.94. The lowest BCUT2D eigenvalue weighted by Gasteiger charge is -2.28. The van der Waals surface area contributed by atoms with Gasteiger partial charge in [-0.1, -0.05) is 17.7 Å². The number of hydrogen-bond donors (Lipinski definition) is 0. The Morgan fingerprint density at radius 3 is 2.84 bits per heavy atom. The van der Waals surface area contributed by atoms with Crippen molar-refractivity contribution >= 4 is 17.5 Å². The summed E-state index contributed by atoms with van der Waals surface area (Å²) in [5.74, 6) is -0.0763. The van der Waals surface area contributed by atoms with Crippen LogP contribution in [0.2, 0.25) is 5.15 Å². The summed E-state index contributed by atoms with van der Waals surface area (Å²) >= 11 is 5.97. The van der Waals surface area contributed by atoms with Crippen LogP contribution in [-0.4, -0.2) is 27.3 Å². The van der Waals surface area contributed by atoms with Gasteiger partial charge in [-0.15, -0.1) is 0 Å². The van der Waals surface area contributed by atoms with Crippen LogP contribution in [0.25, 0.3) is 0 Å². The number of nitrogens with zero attached hydrogens (tertiary/aromatic N) is 3. The summed E-state index contributed by atoms with van der Waals surface area (Å²) in [7, 11) is 0. The lowest BCUT2D eigenvalue weighted by Crippen LogP contribution is -2.36. The molecule has 3 rings (SSSR count). The van der Waals surface area contributed by atoms with Crippen LogP contribution in [0.4, 0.5) is 0 Å². The van der Waals surface area contributed by atoms with Gasteiger partial charge in [0.2, 0.25) is 0 Å². The zero-order valence-corrected chi connectivity index (χ0v) is 11.0. The summed E-state index contributed by atoms with van der Waals surface area (Å²) in [5, 5.41) is 0.254. The van der Waals surface area contributed by atoms with E-state index in [1.165, 1.54) is 0 Å². The monoisotopic (exact) mass is 273 g/mol. The van der Waals surface area contributed by atoms with Gasteiger partial charge >= 0.3 is 0 Å². The molecule has 3 heterocycles. The van der Waals surface area contributed by atoms with Crippen molar-refractivity contribution in [3.05, 3.63) is 58.6 Å². The third kappa shape index (κ3) is 2.31. The van der Waals surface area contributed by atoms with Crippen LogP contribution in [0, 0.1) is 0 Å². The molecule has 0 aliphatic carbocycles. The topological polar surface area (TPSA) is 46.1 Å². The summed E-state index contributed by atoms with van der Waals surface area (Å²) in [6, 6.07) is 7.32. The molecule has 0 unspecified atom stereocenters. The van der Waals surface area contributed by atoms with Gasteiger partial charge in [-0.3, -0.25) is 9.78 Å². The number of rotatable bonds is 1. The van der Waals surface area contributed by atoms with Crippen molar-refractivity contribution in [3.63, 3.8) is 0 Å². The molecule has 1 aliphatic heterocycles. The standard InChI is InChI=1S/C14H12ClN3O/c15-13-11(4-2-7-17-13)14(19)18-8-5-12-10(9-18)3-1-6-16-12/h1-4,6-7H,5,8-9H2. The SMILES string of the molecule is O=C(c1cccnc1Cl)N1CCc2ncccc2C1. The molecule has 0 saturated heterocycles. The minimum atomic E-state index is -0.0763. The van der Waals surface area contributed by atoms with Gasteiger partial charge in [0.25, 0.3) is 5.91 Å². The Bertz CT molecular complexity index is 630. The highest BCUT2D eigenvalue weighted by Crippen LogP contribution is 2.20. The van der Waals surface area contributed by atoms with Crippen molar-refractivity contribution in [1.29, 1.82) is 0 Å². The van der Waals surface area contributed by atoms with Crippen molar-refractivity contribution in [2.75, 3.05) is 6.54 Å². The van der Waals surface area contributed by atoms with Gasteiger partial charge in [0.05, 0.1) is 5.56 Å². The molecule has 5 heteroatoms. The van der Waals surface area contributed by atoms with Gasteiger partial charge in [0.1, 0.15) is 5.15 Å². The van der Waals surface area contributed by atoms with Crippen LogP contribution in [0.15, 0.2) is 36.7 Å². The lowest BCUT2D eigenvalue weighted by molar-refractivity contribution is 0.0733. The number of carbonyl (C=O) groups is 1. The van der Waals surface area contributed by atoms with Crippen LogP contribution in [-0.2, 0) is 13.0 Å². The van der Waals surface area contributed by atoms with Crippen LogP contribution >= 0.6 is 11.6 Å². The second-order valence-corrected chi connectivity index (χ2v) is 4.79. The van der Waals surface area contributed by atoms with Crippen molar-refractivity contribution < 1.29 is 4.79 Å². The number of carbonyl (C=O) groups excluding carboxylic acids is 1. The minimum absolute atomic E-state index is 0.0763. The van der Waals surface area contributed by atoms with Crippen molar-refractivity contribution in [2.45, 2.75) is 13.0 Å². The van der Waals surface area contributed by atoms with Gasteiger partial charge in [0, 0.05) is 37.6 Å². The van der Waals surface area contributed by atoms with Gasteiger partial charge < -0.3 is 4.90 Å². The Morgan fingerprint density at radius 1 is 1.21 bits per heavy atom. The largest absolute Gasteiger partial charge is 0.334 e. The predicted octanol–water partition coefficient (Wildman–Crippen LogP) is 2.33. The number of amides is 1. The van der Waals surface area contributed by atoms with Crippen molar-refractivity contribution in [1.82, 2.24) is 14.9 Å². The summed E-state index contributed by atoms with van der Waals surface area (Å²) in [4.78, 5) is 22.5. The van der Waals surface area contributed by atoms with Gasteiger partial charge in [0.15, 0.2) is 0 Å². The van der Waals surface area contributed by atoms with E-state index in [1.54, 1.807) is 29.4 Å². The van der Waals surface area contributed by atoms with Crippen LogP contribution in [0.1, 0.15) is 21.6 Å². The highest BCUT2D eigenvalue weighted by molar-refractivity contribution is 6.32. The normalized spacial score (nSPS) is 14.1. The molecule has 2 aromatic rings. The number of halogens is 1. The van der Waals surface area contributed by atoms with Crippen molar-refractivity contribution in [2.24, 2.45) is 0 Å². The van der Waals surface area contributed by atoms with Crippen LogP contribution in [0.3, 0.4) is 0 Å². The predicted molar refractivity (Wildman–Crippen MR) is 71.9 cm³/mol. The summed E-state index contributed by atoms with van der Waals surface area (Å²) in [5.41, 5.74) is 2.63. The van der Waals surface area contributed by atoms with Crippen LogP contribution in [0.5, 0.6) is 0 Å². The van der Waals surface area contributed by atoms with Gasteiger partial charge in [-0.2, -0.15) is 0 Å². The van der Waals surface area contributed by atoms with E-state index >= 15 is 0 Å². The maximum Gasteiger partial charge on any atom is 0.257 e. The Morgan fingerprint density at radius 2 is 2.00 bits per heavy atom. The molecule has 1 amide bonds. The summed E-state index contributed by atoms with van der Waals surface area (Å²) in [6.45, 7) is 1.24. The molecule has 0 spiro atoms. The molecule has 0 radical (unpaired) electrons. The van der Waals surface area contributed by atoms with E-state index in [9.17, 15) is 4.79 Å². The zero-order valence-electron chi connectivity index (χ0n) is 10.2. The van der Waals surface area contributed by atoms with E-state index in [-0.39, 0.29) is 11.1 Å². The second-order valence-electron chi connectivity index (χ2n) is 4.43. The molecule has 0 aromatic carbocycles. The van der Waals surface area contributed by atoms with Gasteiger partial charge in [-0.05, 0) is 23.8 Å². The smallest absolute Gasteiger partial charge is 0.257 e. The second kappa shape index (κ2) is 4.97. The highest BCUT2D eigenvalue weighted by atomic mass is 35.5. The molecule has 2 aromatic heterocycles. The first-order valence-corrected chi connectivity index (χ1v) is 6.46. The number of fused-ring (bicyclic) bond motifs is 1. The molecule has 4 nitrogen and oxygen atoms in total. The molecule has 0 atom stereocenters. The first-order chi connectivity index (χ1) is 9.25. The summed E-state index contributed by atoms with van der Waals surface area (Å²) < 4.78 is 0. The fraction of sp³-hybridized carbons (Fsp3) is 0.214. The molecule has 96 valence electrons. The van der Waals surface area contributed by atoms with E-state index in [2.05, 4.69) is 9.97 Å². The van der Waals surface area contributed by atoms with Crippen LogP contribution < -0.4 is 0 Å². The Labute approximate surface area is 116 Å². The molecular weight excluding hydrogens is 262 g/mol. The average Bonchev–Trinajstić information content (AvgIpc) is 2.46. The molecule has 1 aliphatic rings. The zero-order chi connectivity index (χ0) is 13.2. The maximum absolute atomic E-state index is 12.4. The number of pyridine rings is 2.